The number of hydrogen-bond donors (Lipinski definition) is 2. The standard InChI is InChI=1S/C18H30N2O/c1-4-10-19-14-16(3)18-8-6-17(7-9-18)15-20(11-5-2)12-13-21/h5-9,16,19,21H,2,4,10-15H2,1,3H3. The van der Waals surface area contributed by atoms with Gasteiger partial charge in [-0.3, -0.25) is 4.90 Å². The van der Waals surface area contributed by atoms with Crippen LogP contribution in [-0.4, -0.2) is 42.8 Å². The van der Waals surface area contributed by atoms with E-state index in [1.54, 1.807) is 0 Å². The Morgan fingerprint density at radius 1 is 1.33 bits per heavy atom. The molecule has 0 amide bonds. The molecule has 3 nitrogen and oxygen atoms in total. The molecule has 0 radical (unpaired) electrons. The van der Waals surface area contributed by atoms with E-state index in [4.69, 9.17) is 5.11 Å². The van der Waals surface area contributed by atoms with Gasteiger partial charge in [0.2, 0.25) is 0 Å². The van der Waals surface area contributed by atoms with Crippen molar-refractivity contribution in [1.82, 2.24) is 10.2 Å². The van der Waals surface area contributed by atoms with Gasteiger partial charge in [0.25, 0.3) is 0 Å². The lowest BCUT2D eigenvalue weighted by atomic mass is 9.99. The molecule has 0 aliphatic heterocycles. The Kier molecular flexibility index (Phi) is 8.99. The number of nitrogens with zero attached hydrogens (tertiary/aromatic N) is 1. The van der Waals surface area contributed by atoms with E-state index in [-0.39, 0.29) is 6.61 Å². The van der Waals surface area contributed by atoms with E-state index < -0.39 is 0 Å². The molecule has 0 aliphatic carbocycles. The van der Waals surface area contributed by atoms with Crippen molar-refractivity contribution in [2.24, 2.45) is 0 Å². The van der Waals surface area contributed by atoms with E-state index in [0.717, 1.165) is 26.2 Å². The van der Waals surface area contributed by atoms with Crippen molar-refractivity contribution in [3.8, 4) is 0 Å². The molecule has 0 spiro atoms. The Bertz CT molecular complexity index is 389. The third-order valence-corrected chi connectivity index (χ3v) is 3.64. The lowest BCUT2D eigenvalue weighted by Gasteiger charge is -2.20. The van der Waals surface area contributed by atoms with Crippen LogP contribution in [0.1, 0.15) is 37.3 Å². The van der Waals surface area contributed by atoms with E-state index in [2.05, 4.69) is 54.9 Å². The van der Waals surface area contributed by atoms with Gasteiger partial charge in [-0.25, -0.2) is 0 Å². The number of nitrogens with one attached hydrogen (secondary N) is 1. The molecule has 0 saturated carbocycles. The first-order valence-corrected chi connectivity index (χ1v) is 7.94. The van der Waals surface area contributed by atoms with Crippen molar-refractivity contribution >= 4 is 0 Å². The van der Waals surface area contributed by atoms with E-state index in [1.165, 1.54) is 17.5 Å². The van der Waals surface area contributed by atoms with Crippen LogP contribution in [0.3, 0.4) is 0 Å². The van der Waals surface area contributed by atoms with Crippen LogP contribution in [0.15, 0.2) is 36.9 Å². The molecule has 3 heteroatoms. The molecule has 0 aliphatic rings. The molecule has 1 aromatic carbocycles. The van der Waals surface area contributed by atoms with Gasteiger partial charge in [0, 0.05) is 26.2 Å². The van der Waals surface area contributed by atoms with Crippen LogP contribution < -0.4 is 5.32 Å². The van der Waals surface area contributed by atoms with Crippen molar-refractivity contribution in [3.63, 3.8) is 0 Å². The Labute approximate surface area is 129 Å². The summed E-state index contributed by atoms with van der Waals surface area (Å²) in [7, 11) is 0. The van der Waals surface area contributed by atoms with Crippen LogP contribution in [0, 0.1) is 0 Å². The molecule has 1 atom stereocenters. The second kappa shape index (κ2) is 10.6. The van der Waals surface area contributed by atoms with Gasteiger partial charge >= 0.3 is 0 Å². The number of aliphatic hydroxyl groups is 1. The molecule has 0 saturated heterocycles. The predicted molar refractivity (Wildman–Crippen MR) is 90.6 cm³/mol. The number of benzene rings is 1. The second-order valence-corrected chi connectivity index (χ2v) is 5.59. The second-order valence-electron chi connectivity index (χ2n) is 5.59. The normalized spacial score (nSPS) is 12.6. The Hall–Kier alpha value is -1.16. The summed E-state index contributed by atoms with van der Waals surface area (Å²) in [6.07, 6.45) is 3.06. The zero-order valence-electron chi connectivity index (χ0n) is 13.5. The fraction of sp³-hybridized carbons (Fsp3) is 0.556. The Morgan fingerprint density at radius 2 is 2.05 bits per heavy atom. The first kappa shape index (κ1) is 17.9. The van der Waals surface area contributed by atoms with Gasteiger partial charge in [-0.1, -0.05) is 44.2 Å². The van der Waals surface area contributed by atoms with Crippen LogP contribution in [0.2, 0.25) is 0 Å². The predicted octanol–water partition coefficient (Wildman–Crippen LogP) is 2.77. The number of hydrogen-bond acceptors (Lipinski definition) is 3. The molecule has 0 bridgehead atoms. The molecule has 0 heterocycles. The molecule has 1 rings (SSSR count). The summed E-state index contributed by atoms with van der Waals surface area (Å²) in [6.45, 7) is 12.9. The van der Waals surface area contributed by atoms with Gasteiger partial charge in [0.15, 0.2) is 0 Å². The van der Waals surface area contributed by atoms with Crippen LogP contribution in [-0.2, 0) is 6.54 Å². The molecule has 2 N–H and O–H groups in total. The summed E-state index contributed by atoms with van der Waals surface area (Å²) in [5.41, 5.74) is 2.66. The van der Waals surface area contributed by atoms with Crippen molar-refractivity contribution in [2.45, 2.75) is 32.7 Å². The quantitative estimate of drug-likeness (QED) is 0.486. The summed E-state index contributed by atoms with van der Waals surface area (Å²) in [6, 6.07) is 8.83. The number of rotatable bonds is 11. The summed E-state index contributed by atoms with van der Waals surface area (Å²) in [5.74, 6) is 0.535. The van der Waals surface area contributed by atoms with Gasteiger partial charge in [0.05, 0.1) is 6.61 Å². The van der Waals surface area contributed by atoms with E-state index in [0.29, 0.717) is 12.5 Å². The zero-order chi connectivity index (χ0) is 15.5. The van der Waals surface area contributed by atoms with Crippen LogP contribution in [0.4, 0.5) is 0 Å². The molecule has 0 fully saturated rings. The smallest absolute Gasteiger partial charge is 0.0558 e. The fourth-order valence-electron chi connectivity index (χ4n) is 2.38. The minimum Gasteiger partial charge on any atom is -0.395 e. The highest BCUT2D eigenvalue weighted by Crippen LogP contribution is 2.16. The van der Waals surface area contributed by atoms with Crippen molar-refractivity contribution in [3.05, 3.63) is 48.0 Å². The largest absolute Gasteiger partial charge is 0.395 e. The molecule has 0 aromatic heterocycles. The van der Waals surface area contributed by atoms with Crippen LogP contribution >= 0.6 is 0 Å². The van der Waals surface area contributed by atoms with Crippen molar-refractivity contribution in [1.29, 1.82) is 0 Å². The molecular formula is C18H30N2O. The Balaban J connectivity index is 2.53. The topological polar surface area (TPSA) is 35.5 Å². The maximum absolute atomic E-state index is 9.08. The highest BCUT2D eigenvalue weighted by atomic mass is 16.3. The third kappa shape index (κ3) is 6.89. The third-order valence-electron chi connectivity index (χ3n) is 3.64. The minimum absolute atomic E-state index is 0.187. The first-order chi connectivity index (χ1) is 10.2. The van der Waals surface area contributed by atoms with Crippen molar-refractivity contribution < 1.29 is 5.11 Å². The van der Waals surface area contributed by atoms with E-state index in [1.807, 2.05) is 6.08 Å². The SMILES string of the molecule is C=CCN(CCO)Cc1ccc(C(C)CNCCC)cc1. The van der Waals surface area contributed by atoms with Gasteiger partial charge in [-0.2, -0.15) is 0 Å². The highest BCUT2D eigenvalue weighted by molar-refractivity contribution is 5.25. The van der Waals surface area contributed by atoms with Crippen molar-refractivity contribution in [2.75, 3.05) is 32.8 Å². The highest BCUT2D eigenvalue weighted by Gasteiger charge is 2.07. The molecule has 1 unspecified atom stereocenters. The summed E-state index contributed by atoms with van der Waals surface area (Å²) in [5, 5.41) is 12.5. The number of aliphatic hydroxyl groups excluding tert-OH is 1. The maximum Gasteiger partial charge on any atom is 0.0558 e. The monoisotopic (exact) mass is 290 g/mol. The summed E-state index contributed by atoms with van der Waals surface area (Å²) in [4.78, 5) is 2.19. The van der Waals surface area contributed by atoms with Gasteiger partial charge < -0.3 is 10.4 Å². The average molecular weight is 290 g/mol. The molecule has 118 valence electrons. The minimum atomic E-state index is 0.187. The van der Waals surface area contributed by atoms with Crippen LogP contribution in [0.25, 0.3) is 0 Å². The average Bonchev–Trinajstić information content (AvgIpc) is 2.48. The molecule has 1 aromatic rings. The fourth-order valence-corrected chi connectivity index (χ4v) is 2.38. The van der Waals surface area contributed by atoms with E-state index in [9.17, 15) is 0 Å². The molecule has 21 heavy (non-hydrogen) atoms. The van der Waals surface area contributed by atoms with Gasteiger partial charge in [0.1, 0.15) is 0 Å². The summed E-state index contributed by atoms with van der Waals surface area (Å²) >= 11 is 0. The first-order valence-electron chi connectivity index (χ1n) is 7.94. The van der Waals surface area contributed by atoms with Gasteiger partial charge in [-0.15, -0.1) is 6.58 Å². The van der Waals surface area contributed by atoms with Gasteiger partial charge in [-0.05, 0) is 30.0 Å². The lowest BCUT2D eigenvalue weighted by Crippen LogP contribution is -2.26. The maximum atomic E-state index is 9.08. The lowest BCUT2D eigenvalue weighted by molar-refractivity contribution is 0.203. The Morgan fingerprint density at radius 3 is 2.62 bits per heavy atom. The zero-order valence-corrected chi connectivity index (χ0v) is 13.5. The van der Waals surface area contributed by atoms with Crippen LogP contribution in [0.5, 0.6) is 0 Å². The van der Waals surface area contributed by atoms with E-state index >= 15 is 0 Å². The summed E-state index contributed by atoms with van der Waals surface area (Å²) < 4.78 is 0. The molecular weight excluding hydrogens is 260 g/mol.